The highest BCUT2D eigenvalue weighted by Gasteiger charge is 2.14. The predicted octanol–water partition coefficient (Wildman–Crippen LogP) is 0.177. The molecule has 4 nitrogen and oxygen atoms in total. The molecule has 1 amide bonds. The number of carbonyl (C=O) groups is 1. The zero-order valence-corrected chi connectivity index (χ0v) is 5.16. The molecule has 0 fully saturated rings. The molecule has 0 atom stereocenters. The summed E-state index contributed by atoms with van der Waals surface area (Å²) < 4.78 is 0. The number of nitrogens with zero attached hydrogens (tertiary/aromatic N) is 2. The minimum atomic E-state index is -0.223. The minimum absolute atomic E-state index is 0.223. The number of H-pyrrole nitrogens is 1. The van der Waals surface area contributed by atoms with E-state index in [0.29, 0.717) is 12.1 Å². The van der Waals surface area contributed by atoms with Crippen LogP contribution in [0.15, 0.2) is 11.2 Å². The molecule has 10 heavy (non-hydrogen) atoms. The number of amides is 1. The molecule has 1 aromatic heterocycles. The van der Waals surface area contributed by atoms with E-state index in [4.69, 9.17) is 0 Å². The number of nitrogens with one attached hydrogen (secondary N) is 1. The van der Waals surface area contributed by atoms with Crippen molar-refractivity contribution in [3.63, 3.8) is 0 Å². The van der Waals surface area contributed by atoms with Crippen LogP contribution in [0.25, 0.3) is 0 Å². The summed E-state index contributed by atoms with van der Waals surface area (Å²) in [5, 5.41) is 6.32. The van der Waals surface area contributed by atoms with E-state index in [-0.39, 0.29) is 5.91 Å². The SMILES string of the molecule is O=C1N=CCc2cn[nH]c21. The monoisotopic (exact) mass is 135 g/mol. The van der Waals surface area contributed by atoms with Gasteiger partial charge in [0.1, 0.15) is 5.69 Å². The molecule has 0 radical (unpaired) electrons. The van der Waals surface area contributed by atoms with Crippen LogP contribution in [0.1, 0.15) is 16.1 Å². The summed E-state index contributed by atoms with van der Waals surface area (Å²) in [4.78, 5) is 14.5. The van der Waals surface area contributed by atoms with Crippen molar-refractivity contribution in [1.29, 1.82) is 0 Å². The number of aliphatic imine (C=N–C) groups is 1. The van der Waals surface area contributed by atoms with Gasteiger partial charge in [-0.1, -0.05) is 0 Å². The Morgan fingerprint density at radius 3 is 3.30 bits per heavy atom. The quantitative estimate of drug-likeness (QED) is 0.551. The lowest BCUT2D eigenvalue weighted by atomic mass is 10.1. The molecule has 4 heteroatoms. The lowest BCUT2D eigenvalue weighted by molar-refractivity contribution is 0.0996. The fourth-order valence-corrected chi connectivity index (χ4v) is 0.942. The zero-order chi connectivity index (χ0) is 6.97. The van der Waals surface area contributed by atoms with Crippen molar-refractivity contribution in [2.75, 3.05) is 0 Å². The first-order valence-corrected chi connectivity index (χ1v) is 2.97. The fraction of sp³-hybridized carbons (Fsp3) is 0.167. The highest BCUT2D eigenvalue weighted by atomic mass is 16.1. The minimum Gasteiger partial charge on any atom is -0.273 e. The summed E-state index contributed by atoms with van der Waals surface area (Å²) >= 11 is 0. The number of rotatable bonds is 0. The molecule has 2 rings (SSSR count). The standard InChI is InChI=1S/C6H5N3O/c10-6-5-4(1-2-7-6)3-8-9-5/h2-3H,1H2,(H,8,9). The molecule has 0 saturated carbocycles. The average Bonchev–Trinajstić information content (AvgIpc) is 2.36. The van der Waals surface area contributed by atoms with E-state index in [9.17, 15) is 4.79 Å². The lowest BCUT2D eigenvalue weighted by Gasteiger charge is -1.98. The normalized spacial score (nSPS) is 15.4. The van der Waals surface area contributed by atoms with Gasteiger partial charge in [0.2, 0.25) is 0 Å². The largest absolute Gasteiger partial charge is 0.294 e. The van der Waals surface area contributed by atoms with Gasteiger partial charge < -0.3 is 0 Å². The number of aromatic amines is 1. The molecule has 0 spiro atoms. The zero-order valence-electron chi connectivity index (χ0n) is 5.16. The highest BCUT2D eigenvalue weighted by molar-refractivity contribution is 6.01. The van der Waals surface area contributed by atoms with Crippen molar-refractivity contribution in [2.45, 2.75) is 6.42 Å². The molecule has 50 valence electrons. The van der Waals surface area contributed by atoms with Crippen LogP contribution in [0.2, 0.25) is 0 Å². The van der Waals surface area contributed by atoms with Crippen molar-refractivity contribution in [3.05, 3.63) is 17.5 Å². The number of aromatic nitrogens is 2. The molecule has 0 saturated heterocycles. The van der Waals surface area contributed by atoms with Crippen LogP contribution in [0.4, 0.5) is 0 Å². The van der Waals surface area contributed by atoms with Crippen molar-refractivity contribution in [2.24, 2.45) is 4.99 Å². The Kier molecular flexibility index (Phi) is 0.943. The van der Waals surface area contributed by atoms with Gasteiger partial charge in [0.25, 0.3) is 5.91 Å². The second-order valence-corrected chi connectivity index (χ2v) is 2.09. The Labute approximate surface area is 57.0 Å². The van der Waals surface area contributed by atoms with Crippen molar-refractivity contribution < 1.29 is 4.79 Å². The molecule has 1 aromatic rings. The van der Waals surface area contributed by atoms with Crippen LogP contribution in [0, 0.1) is 0 Å². The van der Waals surface area contributed by atoms with Gasteiger partial charge in [0, 0.05) is 18.2 Å². The van der Waals surface area contributed by atoms with Crippen LogP contribution in [0.5, 0.6) is 0 Å². The topological polar surface area (TPSA) is 58.1 Å². The molecular weight excluding hydrogens is 130 g/mol. The molecule has 0 bridgehead atoms. The number of fused-ring (bicyclic) bond motifs is 1. The van der Waals surface area contributed by atoms with Crippen LogP contribution >= 0.6 is 0 Å². The maximum Gasteiger partial charge on any atom is 0.294 e. The third-order valence-corrected chi connectivity index (χ3v) is 1.45. The molecule has 2 heterocycles. The summed E-state index contributed by atoms with van der Waals surface area (Å²) in [5.41, 5.74) is 1.46. The number of hydrogen-bond donors (Lipinski definition) is 1. The maximum atomic E-state index is 10.9. The molecule has 0 unspecified atom stereocenters. The van der Waals surface area contributed by atoms with Gasteiger partial charge in [-0.05, 0) is 0 Å². The number of hydrogen-bond acceptors (Lipinski definition) is 2. The first-order valence-electron chi connectivity index (χ1n) is 2.97. The van der Waals surface area contributed by atoms with E-state index in [1.54, 1.807) is 12.4 Å². The third kappa shape index (κ3) is 0.586. The van der Waals surface area contributed by atoms with Gasteiger partial charge in [0.05, 0.1) is 6.20 Å². The first-order chi connectivity index (χ1) is 4.88. The first kappa shape index (κ1) is 5.34. The summed E-state index contributed by atoms with van der Waals surface area (Å²) in [6.07, 6.45) is 3.95. The molecule has 0 aromatic carbocycles. The van der Waals surface area contributed by atoms with E-state index in [0.717, 1.165) is 5.56 Å². The van der Waals surface area contributed by atoms with Gasteiger partial charge in [-0.25, -0.2) is 4.99 Å². The Morgan fingerprint density at radius 2 is 2.50 bits per heavy atom. The lowest BCUT2D eigenvalue weighted by Crippen LogP contribution is -2.06. The molecule has 1 aliphatic rings. The van der Waals surface area contributed by atoms with E-state index in [2.05, 4.69) is 15.2 Å². The fourth-order valence-electron chi connectivity index (χ4n) is 0.942. The van der Waals surface area contributed by atoms with Gasteiger partial charge in [-0.2, -0.15) is 5.10 Å². The Morgan fingerprint density at radius 1 is 1.60 bits per heavy atom. The molecule has 0 aliphatic carbocycles. The summed E-state index contributed by atoms with van der Waals surface area (Å²) in [6, 6.07) is 0. The van der Waals surface area contributed by atoms with Crippen molar-refractivity contribution in [1.82, 2.24) is 10.2 Å². The molecule has 1 aliphatic heterocycles. The van der Waals surface area contributed by atoms with Crippen LogP contribution in [-0.2, 0) is 6.42 Å². The summed E-state index contributed by atoms with van der Waals surface area (Å²) in [6.45, 7) is 0. The van der Waals surface area contributed by atoms with E-state index < -0.39 is 0 Å². The average molecular weight is 135 g/mol. The molecule has 1 N–H and O–H groups in total. The summed E-state index contributed by atoms with van der Waals surface area (Å²) in [5.74, 6) is -0.223. The highest BCUT2D eigenvalue weighted by Crippen LogP contribution is 2.09. The second-order valence-electron chi connectivity index (χ2n) is 2.09. The smallest absolute Gasteiger partial charge is 0.273 e. The Bertz CT molecular complexity index is 300. The van der Waals surface area contributed by atoms with Crippen LogP contribution in [-0.4, -0.2) is 22.3 Å². The third-order valence-electron chi connectivity index (χ3n) is 1.45. The second kappa shape index (κ2) is 1.76. The van der Waals surface area contributed by atoms with Gasteiger partial charge in [0.15, 0.2) is 0 Å². The maximum absolute atomic E-state index is 10.9. The Hall–Kier alpha value is -1.45. The van der Waals surface area contributed by atoms with Gasteiger partial charge in [-0.15, -0.1) is 0 Å². The molecular formula is C6H5N3O. The van der Waals surface area contributed by atoms with Gasteiger partial charge >= 0.3 is 0 Å². The van der Waals surface area contributed by atoms with Crippen LogP contribution < -0.4 is 0 Å². The van der Waals surface area contributed by atoms with Crippen molar-refractivity contribution >= 4 is 12.1 Å². The van der Waals surface area contributed by atoms with E-state index >= 15 is 0 Å². The van der Waals surface area contributed by atoms with E-state index in [1.807, 2.05) is 0 Å². The van der Waals surface area contributed by atoms with E-state index in [1.165, 1.54) is 0 Å². The number of carbonyl (C=O) groups excluding carboxylic acids is 1. The Balaban J connectivity index is 2.58. The van der Waals surface area contributed by atoms with Crippen molar-refractivity contribution in [3.8, 4) is 0 Å². The summed E-state index contributed by atoms with van der Waals surface area (Å²) in [7, 11) is 0. The predicted molar refractivity (Wildman–Crippen MR) is 35.1 cm³/mol. The van der Waals surface area contributed by atoms with Gasteiger partial charge in [-0.3, -0.25) is 9.89 Å². The van der Waals surface area contributed by atoms with Crippen LogP contribution in [0.3, 0.4) is 0 Å².